The Morgan fingerprint density at radius 1 is 1.00 bits per heavy atom. The van der Waals surface area contributed by atoms with Crippen molar-refractivity contribution in [1.29, 1.82) is 0 Å². The van der Waals surface area contributed by atoms with Crippen molar-refractivity contribution in [1.82, 2.24) is 5.43 Å². The van der Waals surface area contributed by atoms with Crippen LogP contribution < -0.4 is 10.2 Å². The minimum atomic E-state index is -0.625. The summed E-state index contributed by atoms with van der Waals surface area (Å²) in [7, 11) is 0. The summed E-state index contributed by atoms with van der Waals surface area (Å²) in [5, 5.41) is 14.6. The van der Waals surface area contributed by atoms with Crippen LogP contribution in [0.15, 0.2) is 77.9 Å². The highest BCUT2D eigenvalue weighted by molar-refractivity contribution is 5.91. The minimum absolute atomic E-state index is 0.105. The van der Waals surface area contributed by atoms with Gasteiger partial charge >= 0.3 is 5.97 Å². The summed E-state index contributed by atoms with van der Waals surface area (Å²) >= 11 is 0. The van der Waals surface area contributed by atoms with Crippen LogP contribution >= 0.6 is 0 Å². The number of nitrogens with zero attached hydrogens (tertiary/aromatic N) is 2. The van der Waals surface area contributed by atoms with Crippen LogP contribution in [0.2, 0.25) is 0 Å². The summed E-state index contributed by atoms with van der Waals surface area (Å²) in [4.78, 5) is 34.2. The van der Waals surface area contributed by atoms with Crippen molar-refractivity contribution < 1.29 is 19.2 Å². The van der Waals surface area contributed by atoms with Gasteiger partial charge < -0.3 is 4.74 Å². The average Bonchev–Trinajstić information content (AvgIpc) is 2.76. The third-order valence-electron chi connectivity index (χ3n) is 4.29. The van der Waals surface area contributed by atoms with Crippen LogP contribution in [-0.4, -0.2) is 23.0 Å². The Hall–Kier alpha value is -4.33. The fourth-order valence-corrected chi connectivity index (χ4v) is 2.62. The normalized spacial score (nSPS) is 10.6. The summed E-state index contributed by atoms with van der Waals surface area (Å²) in [6.45, 7) is 1.98. The molecule has 3 aromatic rings. The molecule has 8 heteroatoms. The first-order valence-corrected chi connectivity index (χ1v) is 9.35. The lowest BCUT2D eigenvalue weighted by Crippen LogP contribution is -2.19. The smallest absolute Gasteiger partial charge is 0.343 e. The highest BCUT2D eigenvalue weighted by atomic mass is 16.6. The van der Waals surface area contributed by atoms with E-state index < -0.39 is 10.9 Å². The Morgan fingerprint density at radius 2 is 1.65 bits per heavy atom. The van der Waals surface area contributed by atoms with E-state index in [1.807, 2.05) is 31.2 Å². The monoisotopic (exact) mass is 417 g/mol. The number of nitrogens with one attached hydrogen (secondary N) is 1. The summed E-state index contributed by atoms with van der Waals surface area (Å²) < 4.78 is 5.25. The number of nitro groups is 1. The van der Waals surface area contributed by atoms with E-state index in [1.54, 1.807) is 24.3 Å². The number of esters is 1. The lowest BCUT2D eigenvalue weighted by molar-refractivity contribution is -0.384. The first-order valence-electron chi connectivity index (χ1n) is 9.35. The Labute approximate surface area is 178 Å². The summed E-state index contributed by atoms with van der Waals surface area (Å²) in [6.07, 6.45) is 1.71. The topological polar surface area (TPSA) is 111 Å². The van der Waals surface area contributed by atoms with Crippen LogP contribution in [0.25, 0.3) is 0 Å². The van der Waals surface area contributed by atoms with Crippen molar-refractivity contribution in [2.75, 3.05) is 0 Å². The number of amides is 1. The molecule has 3 rings (SSSR count). The van der Waals surface area contributed by atoms with E-state index in [1.165, 1.54) is 30.5 Å². The maximum atomic E-state index is 12.1. The van der Waals surface area contributed by atoms with Gasteiger partial charge in [0.05, 0.1) is 23.1 Å². The number of carbonyl (C=O) groups is 2. The molecule has 3 aromatic carbocycles. The van der Waals surface area contributed by atoms with Crippen LogP contribution in [0, 0.1) is 17.0 Å². The standard InChI is InChI=1S/C23H19N3O5/c1-16-2-4-17(5-3-16)14-22(27)25-24-15-18-6-12-21(13-7-18)31-23(28)19-8-10-20(11-9-19)26(29)30/h2-13,15H,14H2,1H3,(H,25,27). The van der Waals surface area contributed by atoms with Crippen LogP contribution in [0.1, 0.15) is 27.0 Å². The molecule has 0 saturated heterocycles. The zero-order valence-electron chi connectivity index (χ0n) is 16.6. The minimum Gasteiger partial charge on any atom is -0.423 e. The highest BCUT2D eigenvalue weighted by Gasteiger charge is 2.11. The molecule has 0 radical (unpaired) electrons. The van der Waals surface area contributed by atoms with E-state index in [2.05, 4.69) is 10.5 Å². The molecule has 0 spiro atoms. The maximum Gasteiger partial charge on any atom is 0.343 e. The zero-order valence-corrected chi connectivity index (χ0v) is 16.6. The quantitative estimate of drug-likeness (QED) is 0.207. The number of aryl methyl sites for hydroxylation is 1. The third-order valence-corrected chi connectivity index (χ3v) is 4.29. The molecule has 0 aliphatic heterocycles. The number of benzene rings is 3. The van der Waals surface area contributed by atoms with Gasteiger partial charge in [-0.2, -0.15) is 5.10 Å². The second kappa shape index (κ2) is 9.93. The predicted molar refractivity (Wildman–Crippen MR) is 115 cm³/mol. The lowest BCUT2D eigenvalue weighted by Gasteiger charge is -2.04. The fraction of sp³-hybridized carbons (Fsp3) is 0.0870. The van der Waals surface area contributed by atoms with E-state index in [9.17, 15) is 19.7 Å². The van der Waals surface area contributed by atoms with Gasteiger partial charge in [0.2, 0.25) is 5.91 Å². The number of carbonyl (C=O) groups excluding carboxylic acids is 2. The molecule has 1 N–H and O–H groups in total. The van der Waals surface area contributed by atoms with Crippen molar-refractivity contribution >= 4 is 23.8 Å². The first-order chi connectivity index (χ1) is 14.9. The molecular formula is C23H19N3O5. The number of hydrogen-bond acceptors (Lipinski definition) is 6. The Kier molecular flexibility index (Phi) is 6.85. The highest BCUT2D eigenvalue weighted by Crippen LogP contribution is 2.16. The molecule has 0 aliphatic carbocycles. The Bertz CT molecular complexity index is 1110. The first kappa shape index (κ1) is 21.4. The molecule has 0 heterocycles. The van der Waals surface area contributed by atoms with E-state index in [0.717, 1.165) is 11.1 Å². The van der Waals surface area contributed by atoms with E-state index in [-0.39, 0.29) is 23.6 Å². The SMILES string of the molecule is Cc1ccc(CC(=O)NN=Cc2ccc(OC(=O)c3ccc([N+](=O)[O-])cc3)cc2)cc1. The van der Waals surface area contributed by atoms with Gasteiger partial charge in [-0.15, -0.1) is 0 Å². The molecule has 0 aliphatic rings. The zero-order chi connectivity index (χ0) is 22.2. The van der Waals surface area contributed by atoms with Crippen LogP contribution in [-0.2, 0) is 11.2 Å². The number of ether oxygens (including phenoxy) is 1. The molecule has 0 fully saturated rings. The maximum absolute atomic E-state index is 12.1. The fourth-order valence-electron chi connectivity index (χ4n) is 2.62. The van der Waals surface area contributed by atoms with Crippen molar-refractivity contribution in [2.45, 2.75) is 13.3 Å². The van der Waals surface area contributed by atoms with Crippen LogP contribution in [0.4, 0.5) is 5.69 Å². The second-order valence-corrected chi connectivity index (χ2v) is 6.72. The summed E-state index contributed by atoms with van der Waals surface area (Å²) in [5.41, 5.74) is 5.30. The third kappa shape index (κ3) is 6.33. The molecule has 1 amide bonds. The summed E-state index contributed by atoms with van der Waals surface area (Å²) in [6, 6.07) is 19.3. The number of rotatable bonds is 7. The Morgan fingerprint density at radius 3 is 2.26 bits per heavy atom. The van der Waals surface area contributed by atoms with Gasteiger partial charge in [-0.3, -0.25) is 14.9 Å². The van der Waals surface area contributed by atoms with Crippen LogP contribution in [0.3, 0.4) is 0 Å². The predicted octanol–water partition coefficient (Wildman–Crippen LogP) is 3.82. The van der Waals surface area contributed by atoms with E-state index in [0.29, 0.717) is 11.3 Å². The van der Waals surface area contributed by atoms with Gasteiger partial charge in [-0.1, -0.05) is 29.8 Å². The van der Waals surface area contributed by atoms with E-state index in [4.69, 9.17) is 4.74 Å². The lowest BCUT2D eigenvalue weighted by atomic mass is 10.1. The van der Waals surface area contributed by atoms with Gasteiger partial charge in [0, 0.05) is 12.1 Å². The molecule has 31 heavy (non-hydrogen) atoms. The molecule has 0 bridgehead atoms. The second-order valence-electron chi connectivity index (χ2n) is 6.72. The molecule has 8 nitrogen and oxygen atoms in total. The molecule has 156 valence electrons. The van der Waals surface area contributed by atoms with Crippen molar-refractivity contribution in [2.24, 2.45) is 5.10 Å². The van der Waals surface area contributed by atoms with Gasteiger partial charge in [0.25, 0.3) is 5.69 Å². The van der Waals surface area contributed by atoms with Crippen LogP contribution in [0.5, 0.6) is 5.75 Å². The average molecular weight is 417 g/mol. The number of non-ortho nitro benzene ring substituents is 1. The Balaban J connectivity index is 1.51. The molecular weight excluding hydrogens is 398 g/mol. The number of nitro benzene ring substituents is 1. The van der Waals surface area contributed by atoms with Gasteiger partial charge in [0.1, 0.15) is 5.75 Å². The van der Waals surface area contributed by atoms with Gasteiger partial charge in [0.15, 0.2) is 0 Å². The number of hydrazone groups is 1. The van der Waals surface area contributed by atoms with Crippen molar-refractivity contribution in [3.8, 4) is 5.75 Å². The number of hydrogen-bond donors (Lipinski definition) is 1. The molecule has 0 atom stereocenters. The van der Waals surface area contributed by atoms with Crippen molar-refractivity contribution in [3.63, 3.8) is 0 Å². The molecule has 0 saturated carbocycles. The largest absolute Gasteiger partial charge is 0.423 e. The van der Waals surface area contributed by atoms with Gasteiger partial charge in [-0.25, -0.2) is 10.2 Å². The van der Waals surface area contributed by atoms with Gasteiger partial charge in [-0.05, 0) is 54.4 Å². The molecule has 0 aromatic heterocycles. The van der Waals surface area contributed by atoms with E-state index >= 15 is 0 Å². The summed E-state index contributed by atoms with van der Waals surface area (Å²) in [5.74, 6) is -0.544. The molecule has 0 unspecified atom stereocenters. The van der Waals surface area contributed by atoms with Crippen molar-refractivity contribution in [3.05, 3.63) is 105 Å².